The van der Waals surface area contributed by atoms with E-state index in [9.17, 15) is 18.3 Å². The molecule has 2 aromatic rings. The van der Waals surface area contributed by atoms with Crippen LogP contribution >= 0.6 is 0 Å². The van der Waals surface area contributed by atoms with Gasteiger partial charge in [-0.1, -0.05) is 29.5 Å². The lowest BCUT2D eigenvalue weighted by atomic mass is 9.80. The number of alkyl halides is 3. The van der Waals surface area contributed by atoms with Gasteiger partial charge in [0.2, 0.25) is 0 Å². The zero-order valence-corrected chi connectivity index (χ0v) is 13.4. The van der Waals surface area contributed by atoms with E-state index in [0.717, 1.165) is 6.92 Å². The number of aromatic nitrogens is 3. The Morgan fingerprint density at radius 3 is 2.50 bits per heavy atom. The topological polar surface area (TPSA) is 63.0 Å². The number of hydrogen-bond acceptors (Lipinski definition) is 4. The van der Waals surface area contributed by atoms with Gasteiger partial charge in [0.05, 0.1) is 17.3 Å². The standard InChI is InChI=1S/C16H19F3N4O/c1-15(18,19)10-3-5-11(6-4-10)16(24)7-12(20-14(17)8-16)13-9-23(2)22-21-13/h3-6,9,12,14,20,24H,7-8H2,1-2H3/t12-,14+,16+/m0/s1. The van der Waals surface area contributed by atoms with E-state index in [4.69, 9.17) is 0 Å². The quantitative estimate of drug-likeness (QED) is 0.843. The van der Waals surface area contributed by atoms with E-state index in [1.54, 1.807) is 13.2 Å². The molecule has 0 spiro atoms. The largest absolute Gasteiger partial charge is 0.385 e. The summed E-state index contributed by atoms with van der Waals surface area (Å²) < 4.78 is 42.3. The molecule has 3 rings (SSSR count). The average molecular weight is 340 g/mol. The van der Waals surface area contributed by atoms with E-state index in [0.29, 0.717) is 11.3 Å². The van der Waals surface area contributed by atoms with Crippen LogP contribution in [0.5, 0.6) is 0 Å². The van der Waals surface area contributed by atoms with E-state index in [1.807, 2.05) is 0 Å². The van der Waals surface area contributed by atoms with Crippen molar-refractivity contribution < 1.29 is 18.3 Å². The predicted octanol–water partition coefficient (Wildman–Crippen LogP) is 2.53. The zero-order valence-electron chi connectivity index (χ0n) is 13.4. The van der Waals surface area contributed by atoms with E-state index in [1.165, 1.54) is 28.9 Å². The van der Waals surface area contributed by atoms with Crippen LogP contribution in [0, 0.1) is 0 Å². The minimum atomic E-state index is -2.96. The van der Waals surface area contributed by atoms with Crippen LogP contribution in [-0.4, -0.2) is 26.4 Å². The van der Waals surface area contributed by atoms with Crippen LogP contribution in [0.3, 0.4) is 0 Å². The molecule has 1 fully saturated rings. The molecule has 1 aromatic heterocycles. The van der Waals surface area contributed by atoms with Gasteiger partial charge in [0.25, 0.3) is 5.92 Å². The molecule has 0 saturated carbocycles. The zero-order chi connectivity index (χ0) is 17.5. The summed E-state index contributed by atoms with van der Waals surface area (Å²) >= 11 is 0. The Bertz CT molecular complexity index is 713. The van der Waals surface area contributed by atoms with Gasteiger partial charge in [0.1, 0.15) is 0 Å². The van der Waals surface area contributed by atoms with Crippen molar-refractivity contribution in [2.75, 3.05) is 0 Å². The lowest BCUT2D eigenvalue weighted by molar-refractivity contribution is -0.0500. The highest BCUT2D eigenvalue weighted by atomic mass is 19.3. The Hall–Kier alpha value is -1.93. The van der Waals surface area contributed by atoms with Crippen molar-refractivity contribution in [2.45, 2.75) is 43.6 Å². The molecule has 0 aliphatic carbocycles. The van der Waals surface area contributed by atoms with Crippen LogP contribution in [0.4, 0.5) is 13.2 Å². The number of piperidine rings is 1. The maximum atomic E-state index is 14.1. The SMILES string of the molecule is Cn1cc([C@@H]2C[C@](O)(c3ccc(C(C)(F)F)cc3)C[C@H](F)N2)nn1. The third-order valence-corrected chi connectivity index (χ3v) is 4.35. The molecular weight excluding hydrogens is 321 g/mol. The lowest BCUT2D eigenvalue weighted by Crippen LogP contribution is -2.46. The van der Waals surface area contributed by atoms with Crippen LogP contribution in [0.2, 0.25) is 0 Å². The maximum absolute atomic E-state index is 14.1. The highest BCUT2D eigenvalue weighted by Gasteiger charge is 2.42. The second kappa shape index (κ2) is 5.86. The number of rotatable bonds is 3. The Labute approximate surface area is 137 Å². The number of halogens is 3. The van der Waals surface area contributed by atoms with Crippen molar-refractivity contribution >= 4 is 0 Å². The minimum Gasteiger partial charge on any atom is -0.385 e. The van der Waals surface area contributed by atoms with E-state index < -0.39 is 23.9 Å². The van der Waals surface area contributed by atoms with Crippen molar-refractivity contribution in [3.8, 4) is 0 Å². The number of nitrogens with one attached hydrogen (secondary N) is 1. The summed E-state index contributed by atoms with van der Waals surface area (Å²) in [6, 6.07) is 4.87. The van der Waals surface area contributed by atoms with Crippen LogP contribution < -0.4 is 5.32 Å². The van der Waals surface area contributed by atoms with Gasteiger partial charge in [-0.15, -0.1) is 5.10 Å². The average Bonchev–Trinajstić information content (AvgIpc) is 2.92. The molecule has 0 radical (unpaired) electrons. The van der Waals surface area contributed by atoms with Crippen LogP contribution in [-0.2, 0) is 18.6 Å². The van der Waals surface area contributed by atoms with Gasteiger partial charge in [-0.2, -0.15) is 0 Å². The third-order valence-electron chi connectivity index (χ3n) is 4.35. The normalized spacial score (nSPS) is 28.1. The molecule has 0 amide bonds. The monoisotopic (exact) mass is 340 g/mol. The second-order valence-corrected chi connectivity index (χ2v) is 6.41. The number of nitrogens with zero attached hydrogens (tertiary/aromatic N) is 3. The Kier molecular flexibility index (Phi) is 4.13. The van der Waals surface area contributed by atoms with Crippen molar-refractivity contribution in [1.29, 1.82) is 0 Å². The highest BCUT2D eigenvalue weighted by molar-refractivity contribution is 5.30. The van der Waals surface area contributed by atoms with Crippen molar-refractivity contribution in [2.24, 2.45) is 7.05 Å². The molecule has 0 unspecified atom stereocenters. The molecule has 5 nitrogen and oxygen atoms in total. The molecule has 2 heterocycles. The lowest BCUT2D eigenvalue weighted by Gasteiger charge is -2.39. The van der Waals surface area contributed by atoms with Crippen LogP contribution in [0.15, 0.2) is 30.5 Å². The van der Waals surface area contributed by atoms with Crippen LogP contribution in [0.25, 0.3) is 0 Å². The summed E-state index contributed by atoms with van der Waals surface area (Å²) in [5.41, 5.74) is -0.677. The van der Waals surface area contributed by atoms with Gasteiger partial charge in [-0.3, -0.25) is 10.00 Å². The fourth-order valence-electron chi connectivity index (χ4n) is 3.08. The highest BCUT2D eigenvalue weighted by Crippen LogP contribution is 2.40. The molecule has 1 aliphatic rings. The van der Waals surface area contributed by atoms with Gasteiger partial charge in [-0.25, -0.2) is 13.2 Å². The van der Waals surface area contributed by atoms with E-state index in [2.05, 4.69) is 15.6 Å². The fourth-order valence-corrected chi connectivity index (χ4v) is 3.08. The molecule has 8 heteroatoms. The Balaban J connectivity index is 1.87. The van der Waals surface area contributed by atoms with Gasteiger partial charge < -0.3 is 5.11 Å². The Morgan fingerprint density at radius 2 is 1.96 bits per heavy atom. The molecule has 130 valence electrons. The van der Waals surface area contributed by atoms with E-state index >= 15 is 0 Å². The van der Waals surface area contributed by atoms with Gasteiger partial charge in [0, 0.05) is 38.6 Å². The fraction of sp³-hybridized carbons (Fsp3) is 0.500. The van der Waals surface area contributed by atoms with Gasteiger partial charge in [0.15, 0.2) is 6.30 Å². The smallest absolute Gasteiger partial charge is 0.270 e. The molecule has 0 bridgehead atoms. The predicted molar refractivity (Wildman–Crippen MR) is 80.9 cm³/mol. The first-order chi connectivity index (χ1) is 11.2. The summed E-state index contributed by atoms with van der Waals surface area (Å²) in [7, 11) is 1.70. The number of aryl methyl sites for hydroxylation is 1. The van der Waals surface area contributed by atoms with Gasteiger partial charge >= 0.3 is 0 Å². The first-order valence-corrected chi connectivity index (χ1v) is 7.65. The van der Waals surface area contributed by atoms with Crippen molar-refractivity contribution in [3.05, 3.63) is 47.3 Å². The summed E-state index contributed by atoms with van der Waals surface area (Å²) in [5, 5.41) is 21.4. The molecule has 1 aromatic carbocycles. The maximum Gasteiger partial charge on any atom is 0.270 e. The van der Waals surface area contributed by atoms with Crippen LogP contribution in [0.1, 0.15) is 42.6 Å². The second-order valence-electron chi connectivity index (χ2n) is 6.41. The first kappa shape index (κ1) is 16.9. The number of aliphatic hydroxyl groups is 1. The molecule has 2 N–H and O–H groups in total. The molecular formula is C16H19F3N4O. The Morgan fingerprint density at radius 1 is 1.29 bits per heavy atom. The molecule has 1 aliphatic heterocycles. The molecule has 24 heavy (non-hydrogen) atoms. The minimum absolute atomic E-state index is 0.147. The van der Waals surface area contributed by atoms with Crippen molar-refractivity contribution in [1.82, 2.24) is 20.3 Å². The van der Waals surface area contributed by atoms with E-state index in [-0.39, 0.29) is 18.4 Å². The van der Waals surface area contributed by atoms with Crippen molar-refractivity contribution in [3.63, 3.8) is 0 Å². The number of benzene rings is 1. The summed E-state index contributed by atoms with van der Waals surface area (Å²) in [6.07, 6.45) is 0.222. The summed E-state index contributed by atoms with van der Waals surface area (Å²) in [5.74, 6) is -2.96. The third kappa shape index (κ3) is 3.29. The molecule has 3 atom stereocenters. The first-order valence-electron chi connectivity index (χ1n) is 7.65. The number of hydrogen-bond donors (Lipinski definition) is 2. The summed E-state index contributed by atoms with van der Waals surface area (Å²) in [4.78, 5) is 0. The summed E-state index contributed by atoms with van der Waals surface area (Å²) in [6.45, 7) is 0.808. The van der Waals surface area contributed by atoms with Gasteiger partial charge in [-0.05, 0) is 5.56 Å². The molecule has 1 saturated heterocycles.